The Morgan fingerprint density at radius 1 is 1.17 bits per heavy atom. The molecule has 0 saturated heterocycles. The van der Waals surface area contributed by atoms with E-state index in [-0.39, 0.29) is 11.7 Å². The number of fused-ring (bicyclic) bond motifs is 1. The fourth-order valence-electron chi connectivity index (χ4n) is 3.44. The molecule has 2 nitrogen and oxygen atoms in total. The SMILES string of the molecule is Cc1ccc2c(c1)C(O)CC1(CCCCCC1)O2. The van der Waals surface area contributed by atoms with Crippen molar-refractivity contribution in [3.63, 3.8) is 0 Å². The molecule has 1 aromatic carbocycles. The van der Waals surface area contributed by atoms with Crippen molar-refractivity contribution in [2.75, 3.05) is 0 Å². The Morgan fingerprint density at radius 2 is 1.89 bits per heavy atom. The molecule has 0 amide bonds. The van der Waals surface area contributed by atoms with Crippen LogP contribution in [-0.2, 0) is 0 Å². The van der Waals surface area contributed by atoms with Gasteiger partial charge in [0.1, 0.15) is 11.4 Å². The van der Waals surface area contributed by atoms with Gasteiger partial charge in [0.05, 0.1) is 6.10 Å². The molecular formula is C16H22O2. The number of hydrogen-bond acceptors (Lipinski definition) is 2. The van der Waals surface area contributed by atoms with Crippen LogP contribution >= 0.6 is 0 Å². The molecule has 0 radical (unpaired) electrons. The smallest absolute Gasteiger partial charge is 0.125 e. The van der Waals surface area contributed by atoms with E-state index in [0.29, 0.717) is 0 Å². The zero-order chi connectivity index (χ0) is 12.6. The highest BCUT2D eigenvalue weighted by Crippen LogP contribution is 2.45. The fraction of sp³-hybridized carbons (Fsp3) is 0.625. The van der Waals surface area contributed by atoms with E-state index in [0.717, 1.165) is 30.6 Å². The van der Waals surface area contributed by atoms with Gasteiger partial charge in [-0.1, -0.05) is 24.5 Å². The maximum Gasteiger partial charge on any atom is 0.125 e. The third-order valence-corrected chi connectivity index (χ3v) is 4.43. The predicted octanol–water partition coefficient (Wildman–Crippen LogP) is 3.90. The maximum absolute atomic E-state index is 10.4. The van der Waals surface area contributed by atoms with Gasteiger partial charge in [0.2, 0.25) is 0 Å². The molecular weight excluding hydrogens is 224 g/mol. The Bertz CT molecular complexity index is 431. The zero-order valence-corrected chi connectivity index (χ0v) is 11.1. The van der Waals surface area contributed by atoms with E-state index in [9.17, 15) is 5.11 Å². The van der Waals surface area contributed by atoms with Gasteiger partial charge in [-0.2, -0.15) is 0 Å². The minimum atomic E-state index is -0.355. The number of aliphatic hydroxyl groups excluding tert-OH is 1. The summed E-state index contributed by atoms with van der Waals surface area (Å²) >= 11 is 0. The van der Waals surface area contributed by atoms with Crippen LogP contribution in [0.15, 0.2) is 18.2 Å². The quantitative estimate of drug-likeness (QED) is 0.752. The summed E-state index contributed by atoms with van der Waals surface area (Å²) < 4.78 is 6.31. The standard InChI is InChI=1S/C16H22O2/c1-12-6-7-15-13(10-12)14(17)11-16(18-15)8-4-2-3-5-9-16/h6-7,10,14,17H,2-5,8-9,11H2,1H3. The summed E-state index contributed by atoms with van der Waals surface area (Å²) in [5, 5.41) is 10.4. The summed E-state index contributed by atoms with van der Waals surface area (Å²) in [6, 6.07) is 6.16. The lowest BCUT2D eigenvalue weighted by molar-refractivity contribution is -0.0244. The highest BCUT2D eigenvalue weighted by Gasteiger charge is 2.40. The number of aryl methyl sites for hydroxylation is 1. The molecule has 1 saturated carbocycles. The molecule has 98 valence electrons. The van der Waals surface area contributed by atoms with Crippen LogP contribution in [0.5, 0.6) is 5.75 Å². The highest BCUT2D eigenvalue weighted by molar-refractivity contribution is 5.40. The van der Waals surface area contributed by atoms with E-state index >= 15 is 0 Å². The van der Waals surface area contributed by atoms with Crippen molar-refractivity contribution in [2.45, 2.75) is 63.6 Å². The average Bonchev–Trinajstić information content (AvgIpc) is 2.56. The summed E-state index contributed by atoms with van der Waals surface area (Å²) in [6.45, 7) is 2.06. The molecule has 1 aliphatic carbocycles. The first-order valence-electron chi connectivity index (χ1n) is 7.16. The Morgan fingerprint density at radius 3 is 2.61 bits per heavy atom. The van der Waals surface area contributed by atoms with Crippen LogP contribution in [-0.4, -0.2) is 10.7 Å². The van der Waals surface area contributed by atoms with Crippen LogP contribution in [0, 0.1) is 6.92 Å². The van der Waals surface area contributed by atoms with Crippen molar-refractivity contribution in [1.82, 2.24) is 0 Å². The van der Waals surface area contributed by atoms with Gasteiger partial charge in [0.15, 0.2) is 0 Å². The summed E-state index contributed by atoms with van der Waals surface area (Å²) in [5.74, 6) is 0.904. The first kappa shape index (κ1) is 12.0. The van der Waals surface area contributed by atoms with Crippen LogP contribution in [0.1, 0.15) is 62.2 Å². The van der Waals surface area contributed by atoms with Crippen LogP contribution < -0.4 is 4.74 Å². The second-order valence-corrected chi connectivity index (χ2v) is 5.96. The maximum atomic E-state index is 10.4. The monoisotopic (exact) mass is 246 g/mol. The Labute approximate surface area is 109 Å². The molecule has 1 spiro atoms. The molecule has 1 aromatic rings. The van der Waals surface area contributed by atoms with Crippen molar-refractivity contribution in [3.05, 3.63) is 29.3 Å². The second-order valence-electron chi connectivity index (χ2n) is 5.96. The molecule has 1 unspecified atom stereocenters. The van der Waals surface area contributed by atoms with Gasteiger partial charge in [-0.3, -0.25) is 0 Å². The topological polar surface area (TPSA) is 29.5 Å². The van der Waals surface area contributed by atoms with Crippen LogP contribution in [0.2, 0.25) is 0 Å². The number of ether oxygens (including phenoxy) is 1. The van der Waals surface area contributed by atoms with Gasteiger partial charge >= 0.3 is 0 Å². The molecule has 0 aromatic heterocycles. The van der Waals surface area contributed by atoms with Crippen molar-refractivity contribution in [3.8, 4) is 5.75 Å². The summed E-state index contributed by atoms with van der Waals surface area (Å²) in [6.07, 6.45) is 7.68. The van der Waals surface area contributed by atoms with E-state index in [2.05, 4.69) is 19.1 Å². The minimum absolute atomic E-state index is 0.0990. The van der Waals surface area contributed by atoms with Gasteiger partial charge in [-0.15, -0.1) is 0 Å². The van der Waals surface area contributed by atoms with E-state index in [1.807, 2.05) is 6.07 Å². The Kier molecular flexibility index (Phi) is 3.06. The summed E-state index contributed by atoms with van der Waals surface area (Å²) in [4.78, 5) is 0. The first-order valence-corrected chi connectivity index (χ1v) is 7.16. The molecule has 2 heteroatoms. The van der Waals surface area contributed by atoms with Crippen LogP contribution in [0.4, 0.5) is 0 Å². The largest absolute Gasteiger partial charge is 0.487 e. The lowest BCUT2D eigenvalue weighted by atomic mass is 9.83. The van der Waals surface area contributed by atoms with Crippen LogP contribution in [0.3, 0.4) is 0 Å². The summed E-state index contributed by atoms with van der Waals surface area (Å²) in [7, 11) is 0. The van der Waals surface area contributed by atoms with Crippen molar-refractivity contribution < 1.29 is 9.84 Å². The van der Waals surface area contributed by atoms with Gasteiger partial charge in [0.25, 0.3) is 0 Å². The molecule has 18 heavy (non-hydrogen) atoms. The number of aliphatic hydroxyl groups is 1. The van der Waals surface area contributed by atoms with Gasteiger partial charge in [-0.25, -0.2) is 0 Å². The first-order chi connectivity index (χ1) is 8.69. The van der Waals surface area contributed by atoms with Crippen molar-refractivity contribution in [2.24, 2.45) is 0 Å². The van der Waals surface area contributed by atoms with Crippen molar-refractivity contribution >= 4 is 0 Å². The molecule has 1 fully saturated rings. The molecule has 1 heterocycles. The molecule has 1 N–H and O–H groups in total. The molecule has 0 bridgehead atoms. The molecule has 1 atom stereocenters. The molecule has 2 aliphatic rings. The summed E-state index contributed by atoms with van der Waals surface area (Å²) in [5.41, 5.74) is 2.07. The molecule has 1 aliphatic heterocycles. The number of hydrogen-bond donors (Lipinski definition) is 1. The van der Waals surface area contributed by atoms with Gasteiger partial charge in [0, 0.05) is 12.0 Å². The highest BCUT2D eigenvalue weighted by atomic mass is 16.5. The molecule has 3 rings (SSSR count). The fourth-order valence-corrected chi connectivity index (χ4v) is 3.44. The predicted molar refractivity (Wildman–Crippen MR) is 71.8 cm³/mol. The van der Waals surface area contributed by atoms with E-state index in [1.54, 1.807) is 0 Å². The van der Waals surface area contributed by atoms with E-state index in [1.165, 1.54) is 31.2 Å². The van der Waals surface area contributed by atoms with Gasteiger partial charge in [-0.05, 0) is 44.7 Å². The van der Waals surface area contributed by atoms with E-state index < -0.39 is 0 Å². The lowest BCUT2D eigenvalue weighted by Crippen LogP contribution is -2.40. The second kappa shape index (κ2) is 4.58. The Balaban J connectivity index is 1.92. The van der Waals surface area contributed by atoms with Crippen LogP contribution in [0.25, 0.3) is 0 Å². The average molecular weight is 246 g/mol. The van der Waals surface area contributed by atoms with E-state index in [4.69, 9.17) is 4.74 Å². The normalized spacial score (nSPS) is 26.2. The third kappa shape index (κ3) is 2.14. The lowest BCUT2D eigenvalue weighted by Gasteiger charge is -2.40. The zero-order valence-electron chi connectivity index (χ0n) is 11.1. The Hall–Kier alpha value is -1.02. The third-order valence-electron chi connectivity index (χ3n) is 4.43. The van der Waals surface area contributed by atoms with Crippen molar-refractivity contribution in [1.29, 1.82) is 0 Å². The number of rotatable bonds is 0. The number of benzene rings is 1. The van der Waals surface area contributed by atoms with Gasteiger partial charge < -0.3 is 9.84 Å². The minimum Gasteiger partial charge on any atom is -0.487 e.